The summed E-state index contributed by atoms with van der Waals surface area (Å²) in [6.07, 6.45) is 0.147. The van der Waals surface area contributed by atoms with Crippen molar-refractivity contribution in [1.82, 2.24) is 5.48 Å². The zero-order valence-electron chi connectivity index (χ0n) is 14.7. The second-order valence-corrected chi connectivity index (χ2v) is 5.92. The number of amides is 1. The summed E-state index contributed by atoms with van der Waals surface area (Å²) in [6, 6.07) is 17.3. The molecule has 5 nitrogen and oxygen atoms in total. The molecule has 1 amide bonds. The van der Waals surface area contributed by atoms with E-state index in [-0.39, 0.29) is 24.5 Å². The van der Waals surface area contributed by atoms with Gasteiger partial charge in [0.1, 0.15) is 12.4 Å². The highest BCUT2D eigenvalue weighted by molar-refractivity contribution is 5.91. The molecule has 0 aromatic heterocycles. The minimum Gasteiger partial charge on any atom is -0.465 e. The lowest BCUT2D eigenvalue weighted by Gasteiger charge is -2.10. The van der Waals surface area contributed by atoms with E-state index in [1.807, 2.05) is 42.5 Å². The summed E-state index contributed by atoms with van der Waals surface area (Å²) in [7, 11) is 1.21. The summed E-state index contributed by atoms with van der Waals surface area (Å²) >= 11 is 0. The van der Waals surface area contributed by atoms with Gasteiger partial charge in [0.05, 0.1) is 19.1 Å². The van der Waals surface area contributed by atoms with Gasteiger partial charge in [0.2, 0.25) is 5.91 Å². The SMILES string of the molecule is COC(=O)c1cc(F)ccc1CONC(=O)Cc1cccc2ccccc12. The van der Waals surface area contributed by atoms with Crippen molar-refractivity contribution < 1.29 is 23.6 Å². The number of carbonyl (C=O) groups excluding carboxylic acids is 2. The van der Waals surface area contributed by atoms with Gasteiger partial charge in [-0.1, -0.05) is 48.5 Å². The maximum atomic E-state index is 13.3. The van der Waals surface area contributed by atoms with Gasteiger partial charge in [-0.05, 0) is 34.0 Å². The Balaban J connectivity index is 1.63. The van der Waals surface area contributed by atoms with Crippen molar-refractivity contribution in [3.8, 4) is 0 Å². The van der Waals surface area contributed by atoms with E-state index in [0.29, 0.717) is 5.56 Å². The quantitative estimate of drug-likeness (QED) is 0.534. The Hall–Kier alpha value is -3.25. The van der Waals surface area contributed by atoms with Crippen molar-refractivity contribution >= 4 is 22.6 Å². The second kappa shape index (κ2) is 8.42. The number of esters is 1. The summed E-state index contributed by atoms with van der Waals surface area (Å²) in [6.45, 7) is -0.0913. The molecule has 0 saturated heterocycles. The fraction of sp³-hybridized carbons (Fsp3) is 0.143. The second-order valence-electron chi connectivity index (χ2n) is 5.92. The molecule has 0 heterocycles. The molecule has 0 aliphatic carbocycles. The topological polar surface area (TPSA) is 64.6 Å². The largest absolute Gasteiger partial charge is 0.465 e. The number of fused-ring (bicyclic) bond motifs is 1. The highest BCUT2D eigenvalue weighted by Crippen LogP contribution is 2.19. The number of ether oxygens (including phenoxy) is 1. The van der Waals surface area contributed by atoms with Gasteiger partial charge in [-0.15, -0.1) is 0 Å². The smallest absolute Gasteiger partial charge is 0.338 e. The zero-order chi connectivity index (χ0) is 19.2. The summed E-state index contributed by atoms with van der Waals surface area (Å²) in [5.41, 5.74) is 3.71. The maximum Gasteiger partial charge on any atom is 0.338 e. The number of carbonyl (C=O) groups is 2. The van der Waals surface area contributed by atoms with E-state index in [4.69, 9.17) is 4.84 Å². The molecule has 0 bridgehead atoms. The van der Waals surface area contributed by atoms with Gasteiger partial charge >= 0.3 is 5.97 Å². The van der Waals surface area contributed by atoms with Crippen molar-refractivity contribution in [3.05, 3.63) is 83.2 Å². The summed E-state index contributed by atoms with van der Waals surface area (Å²) in [5.74, 6) is -1.55. The van der Waals surface area contributed by atoms with Crippen molar-refractivity contribution in [2.45, 2.75) is 13.0 Å². The lowest BCUT2D eigenvalue weighted by atomic mass is 10.0. The van der Waals surface area contributed by atoms with E-state index in [1.165, 1.54) is 19.2 Å². The van der Waals surface area contributed by atoms with E-state index in [2.05, 4.69) is 10.2 Å². The molecule has 0 spiro atoms. The number of methoxy groups -OCH3 is 1. The van der Waals surface area contributed by atoms with Gasteiger partial charge in [0, 0.05) is 0 Å². The van der Waals surface area contributed by atoms with E-state index in [9.17, 15) is 14.0 Å². The Labute approximate surface area is 155 Å². The van der Waals surface area contributed by atoms with Gasteiger partial charge < -0.3 is 4.74 Å². The molecule has 3 aromatic carbocycles. The van der Waals surface area contributed by atoms with Crippen LogP contribution in [0.15, 0.2) is 60.7 Å². The third-order valence-electron chi connectivity index (χ3n) is 4.12. The van der Waals surface area contributed by atoms with Crippen molar-refractivity contribution in [3.63, 3.8) is 0 Å². The van der Waals surface area contributed by atoms with Gasteiger partial charge in [-0.3, -0.25) is 9.63 Å². The number of nitrogens with one attached hydrogen (secondary N) is 1. The molecule has 0 aliphatic heterocycles. The van der Waals surface area contributed by atoms with Gasteiger partial charge in [-0.2, -0.15) is 0 Å². The number of hydrogen-bond acceptors (Lipinski definition) is 4. The Morgan fingerprint density at radius 3 is 2.59 bits per heavy atom. The molecule has 0 atom stereocenters. The van der Waals surface area contributed by atoms with Crippen LogP contribution in [0.25, 0.3) is 10.8 Å². The first-order chi connectivity index (χ1) is 13.1. The Bertz CT molecular complexity index is 982. The van der Waals surface area contributed by atoms with E-state index in [1.54, 1.807) is 0 Å². The van der Waals surface area contributed by atoms with Gasteiger partial charge in [0.15, 0.2) is 0 Å². The molecule has 1 N–H and O–H groups in total. The van der Waals surface area contributed by atoms with Crippen molar-refractivity contribution in [2.24, 2.45) is 0 Å². The van der Waals surface area contributed by atoms with Crippen LogP contribution in [0.4, 0.5) is 4.39 Å². The predicted molar refractivity (Wildman–Crippen MR) is 98.3 cm³/mol. The van der Waals surface area contributed by atoms with Crippen LogP contribution >= 0.6 is 0 Å². The first kappa shape index (κ1) is 18.5. The lowest BCUT2D eigenvalue weighted by molar-refractivity contribution is -0.133. The number of benzene rings is 3. The minimum atomic E-state index is -0.671. The highest BCUT2D eigenvalue weighted by Gasteiger charge is 2.14. The molecular formula is C21H18FNO4. The van der Waals surface area contributed by atoms with Crippen LogP contribution in [-0.4, -0.2) is 19.0 Å². The number of rotatable bonds is 6. The summed E-state index contributed by atoms with van der Waals surface area (Å²) < 4.78 is 18.0. The van der Waals surface area contributed by atoms with Gasteiger partial charge in [-0.25, -0.2) is 14.7 Å². The molecule has 0 aliphatic rings. The van der Waals surface area contributed by atoms with Crippen LogP contribution in [0, 0.1) is 5.82 Å². The lowest BCUT2D eigenvalue weighted by Crippen LogP contribution is -2.25. The van der Waals surface area contributed by atoms with Crippen molar-refractivity contribution in [1.29, 1.82) is 0 Å². The highest BCUT2D eigenvalue weighted by atomic mass is 19.1. The summed E-state index contributed by atoms with van der Waals surface area (Å²) in [4.78, 5) is 29.1. The predicted octanol–water partition coefficient (Wildman–Crippen LogP) is 3.56. The van der Waals surface area contributed by atoms with Crippen LogP contribution in [-0.2, 0) is 27.4 Å². The normalized spacial score (nSPS) is 10.6. The molecule has 0 unspecified atom stereocenters. The summed E-state index contributed by atoms with van der Waals surface area (Å²) in [5, 5.41) is 2.06. The average molecular weight is 367 g/mol. The molecule has 0 radical (unpaired) electrons. The van der Waals surface area contributed by atoms with Crippen LogP contribution in [0.3, 0.4) is 0 Å². The Kier molecular flexibility index (Phi) is 5.78. The standard InChI is InChI=1S/C21H18FNO4/c1-26-21(25)19-12-17(22)10-9-16(19)13-27-23-20(24)11-15-7-4-6-14-5-2-3-8-18(14)15/h2-10,12H,11,13H2,1H3,(H,23,24). The third kappa shape index (κ3) is 4.48. The number of hydrogen-bond donors (Lipinski definition) is 1. The molecule has 0 fully saturated rings. The average Bonchev–Trinajstić information content (AvgIpc) is 2.68. The molecule has 6 heteroatoms. The number of halogens is 1. The zero-order valence-corrected chi connectivity index (χ0v) is 14.7. The molecule has 0 saturated carbocycles. The van der Waals surface area contributed by atoms with E-state index < -0.39 is 11.8 Å². The minimum absolute atomic E-state index is 0.0563. The molecule has 3 aromatic rings. The molecule has 138 valence electrons. The van der Waals surface area contributed by atoms with Crippen LogP contribution in [0.1, 0.15) is 21.5 Å². The molecule has 27 heavy (non-hydrogen) atoms. The first-order valence-corrected chi connectivity index (χ1v) is 8.32. The fourth-order valence-electron chi connectivity index (χ4n) is 2.82. The number of hydroxylamine groups is 1. The Morgan fingerprint density at radius 2 is 1.78 bits per heavy atom. The monoisotopic (exact) mass is 367 g/mol. The molecular weight excluding hydrogens is 349 g/mol. The third-order valence-corrected chi connectivity index (χ3v) is 4.12. The van der Waals surface area contributed by atoms with E-state index >= 15 is 0 Å². The Morgan fingerprint density at radius 1 is 1.00 bits per heavy atom. The van der Waals surface area contributed by atoms with E-state index in [0.717, 1.165) is 22.4 Å². The molecule has 3 rings (SSSR count). The fourth-order valence-corrected chi connectivity index (χ4v) is 2.82. The van der Waals surface area contributed by atoms with Crippen LogP contribution < -0.4 is 5.48 Å². The van der Waals surface area contributed by atoms with Crippen LogP contribution in [0.5, 0.6) is 0 Å². The maximum absolute atomic E-state index is 13.3. The van der Waals surface area contributed by atoms with Crippen molar-refractivity contribution in [2.75, 3.05) is 7.11 Å². The van der Waals surface area contributed by atoms with Gasteiger partial charge in [0.25, 0.3) is 0 Å². The first-order valence-electron chi connectivity index (χ1n) is 8.32. The van der Waals surface area contributed by atoms with Crippen LogP contribution in [0.2, 0.25) is 0 Å².